The molecule has 19 nitrogen and oxygen atoms in total. The predicted octanol–water partition coefficient (Wildman–Crippen LogP) is -5.04. The van der Waals surface area contributed by atoms with E-state index in [0.29, 0.717) is 0 Å². The molecule has 0 saturated carbocycles. The van der Waals surface area contributed by atoms with Gasteiger partial charge in [-0.3, -0.25) is 33.6 Å². The lowest BCUT2D eigenvalue weighted by molar-refractivity contribution is -0.430. The molecule has 0 bridgehead atoms. The van der Waals surface area contributed by atoms with Crippen molar-refractivity contribution in [3.8, 4) is 0 Å². The van der Waals surface area contributed by atoms with E-state index in [1.165, 1.54) is 0 Å². The Morgan fingerprint density at radius 3 is 1.00 bits per heavy atom. The first-order valence-electron chi connectivity index (χ1n) is 9.01. The topological polar surface area (TPSA) is 368 Å². The van der Waals surface area contributed by atoms with Crippen molar-refractivity contribution in [1.82, 2.24) is 0 Å². The number of rotatable bonds is 16. The highest BCUT2D eigenvalue weighted by molar-refractivity contribution is 7.56. The molecule has 0 spiro atoms. The van der Waals surface area contributed by atoms with Crippen molar-refractivity contribution in [2.24, 2.45) is 35.5 Å². The van der Waals surface area contributed by atoms with Crippen LogP contribution in [0, 0.1) is 35.5 Å². The van der Waals surface area contributed by atoms with E-state index in [2.05, 4.69) is 0 Å². The second-order valence-electron chi connectivity index (χ2n) is 7.19. The molecule has 0 aromatic heterocycles. The van der Waals surface area contributed by atoms with Gasteiger partial charge >= 0.3 is 47.8 Å². The highest BCUT2D eigenvalue weighted by Crippen LogP contribution is 2.47. The van der Waals surface area contributed by atoms with Crippen LogP contribution in [0.1, 0.15) is 6.42 Å². The second kappa shape index (κ2) is 12.2. The van der Waals surface area contributed by atoms with E-state index in [4.69, 9.17) is 10.2 Å². The molecular weight excluding hydrogens is 527 g/mol. The third-order valence-electron chi connectivity index (χ3n) is 5.05. The molecule has 0 rings (SSSR count). The average molecular weight is 544 g/mol. The quantitative estimate of drug-likeness (QED) is 0.0842. The van der Waals surface area contributed by atoms with Crippen molar-refractivity contribution in [3.63, 3.8) is 0 Å². The Labute approximate surface area is 198 Å². The number of carboxylic acid groups (broad SMARTS) is 8. The third-order valence-corrected chi connectivity index (χ3v) is 6.28. The summed E-state index contributed by atoms with van der Waals surface area (Å²) in [7, 11) is -6.63. The second-order valence-corrected chi connectivity index (χ2v) is 8.82. The van der Waals surface area contributed by atoms with E-state index in [0.717, 1.165) is 0 Å². The minimum absolute atomic E-state index is 1.66. The first-order chi connectivity index (χ1) is 16.2. The van der Waals surface area contributed by atoms with Crippen LogP contribution in [0.15, 0.2) is 0 Å². The molecule has 8 N–H and O–H groups in total. The van der Waals surface area contributed by atoms with Crippen LogP contribution in [0.3, 0.4) is 0 Å². The average Bonchev–Trinajstić information content (AvgIpc) is 2.64. The summed E-state index contributed by atoms with van der Waals surface area (Å²) in [5.41, 5.74) is -3.70. The molecule has 7 unspecified atom stereocenters. The van der Waals surface area contributed by atoms with Gasteiger partial charge < -0.3 is 55.5 Å². The van der Waals surface area contributed by atoms with E-state index >= 15 is 0 Å². The van der Waals surface area contributed by atoms with Gasteiger partial charge in [0, 0.05) is 0 Å². The van der Waals surface area contributed by atoms with E-state index in [9.17, 15) is 83.7 Å². The molecule has 0 saturated heterocycles. The maximum Gasteiger partial charge on any atom is 0.344 e. The molecule has 0 radical (unpaired) electrons. The van der Waals surface area contributed by atoms with Crippen LogP contribution in [0.5, 0.6) is 0 Å². The Morgan fingerprint density at radius 1 is 0.472 bits per heavy atom. The summed E-state index contributed by atoms with van der Waals surface area (Å²) in [6.45, 7) is 0. The maximum atomic E-state index is 12.0. The summed E-state index contributed by atoms with van der Waals surface area (Å²) in [4.78, 5) is 127. The highest BCUT2D eigenvalue weighted by atomic mass is 31.2. The fourth-order valence-electron chi connectivity index (χ4n) is 3.69. The van der Waals surface area contributed by atoms with Gasteiger partial charge in [0.25, 0.3) is 0 Å². The molecule has 0 aromatic carbocycles. The minimum atomic E-state index is -6.63. The molecule has 0 aliphatic heterocycles. The zero-order chi connectivity index (χ0) is 28.9. The number of aliphatic carboxylic acids is 8. The van der Waals surface area contributed by atoms with Gasteiger partial charge in [-0.2, -0.15) is 0 Å². The molecule has 0 heterocycles. The Morgan fingerprint density at radius 2 is 0.778 bits per heavy atom. The standard InChI is InChI=1S/C16H19O19P/c17-3(18)1-2(10(19)20)4(11(21)22)5(12(23)24)6(13(25)26)7(14(27)28)8(15(29)30)9(16(31)32)36(33,34)35/h2,4-9H,1H2,(H,17,18)(H,19,20)(H,21,22)(H,23,24)(H,25,26)(H,27,28)(H,29,30)(H,31,32)(H2,33,34,35)/p-2. The lowest BCUT2D eigenvalue weighted by Crippen LogP contribution is -2.57. The van der Waals surface area contributed by atoms with Gasteiger partial charge in [-0.25, -0.2) is 4.79 Å². The smallest absolute Gasteiger partial charge is 0.344 e. The number of carbonyl (C=O) groups is 8. The van der Waals surface area contributed by atoms with Crippen molar-refractivity contribution in [3.05, 3.63) is 0 Å². The fraction of sp³-hybridized carbons (Fsp3) is 0.500. The molecule has 7 atom stereocenters. The van der Waals surface area contributed by atoms with Crippen LogP contribution in [0.25, 0.3) is 0 Å². The molecule has 202 valence electrons. The van der Waals surface area contributed by atoms with Crippen LogP contribution in [0.4, 0.5) is 0 Å². The number of carboxylic acids is 8. The number of hydrogen-bond donors (Lipinski definition) is 8. The Bertz CT molecular complexity index is 950. The van der Waals surface area contributed by atoms with Gasteiger partial charge in [0.1, 0.15) is 5.92 Å². The predicted molar refractivity (Wildman–Crippen MR) is 97.4 cm³/mol. The lowest BCUT2D eigenvalue weighted by atomic mass is 9.66. The maximum absolute atomic E-state index is 12.0. The summed E-state index contributed by atoms with van der Waals surface area (Å²) in [6.07, 6.45) is -1.66. The highest BCUT2D eigenvalue weighted by Gasteiger charge is 2.59. The van der Waals surface area contributed by atoms with Crippen molar-refractivity contribution in [2.45, 2.75) is 12.1 Å². The zero-order valence-electron chi connectivity index (χ0n) is 17.3. The first-order valence-corrected chi connectivity index (χ1v) is 10.6. The van der Waals surface area contributed by atoms with E-state index in [1.54, 1.807) is 0 Å². The van der Waals surface area contributed by atoms with E-state index < -0.39 is 103 Å². The Kier molecular flexibility index (Phi) is 10.8. The minimum Gasteiger partial charge on any atom is -0.687 e. The molecule has 20 heteroatoms. The van der Waals surface area contributed by atoms with Crippen LogP contribution < -0.4 is 14.7 Å². The SMILES string of the molecule is O=C(O)CC(C(=O)O)C(C(=O)O)C(C(=O)O)C(C(=O)O)C(C(=O)O)C(C(=O)O)C(C(=O)O)[P+]([O-])([O-])[O-]. The van der Waals surface area contributed by atoms with E-state index in [1.807, 2.05) is 0 Å². The molecular formula is C16H17O19P-2. The number of hydrogen-bond acceptors (Lipinski definition) is 11. The third kappa shape index (κ3) is 7.54. The van der Waals surface area contributed by atoms with Gasteiger partial charge in [-0.05, 0) is 0 Å². The summed E-state index contributed by atoms with van der Waals surface area (Å²) >= 11 is 0. The van der Waals surface area contributed by atoms with Crippen LogP contribution >= 0.6 is 7.94 Å². The summed E-state index contributed by atoms with van der Waals surface area (Å²) in [5, 5.41) is 74.5. The largest absolute Gasteiger partial charge is 0.687 e. The van der Waals surface area contributed by atoms with E-state index in [-0.39, 0.29) is 0 Å². The monoisotopic (exact) mass is 544 g/mol. The van der Waals surface area contributed by atoms with Crippen LogP contribution in [-0.4, -0.2) is 94.3 Å². The lowest BCUT2D eigenvalue weighted by Gasteiger charge is -2.49. The molecule has 0 aliphatic carbocycles. The van der Waals surface area contributed by atoms with Crippen LogP contribution in [0.2, 0.25) is 0 Å². The summed E-state index contributed by atoms with van der Waals surface area (Å²) < 4.78 is 0. The summed E-state index contributed by atoms with van der Waals surface area (Å²) in [6, 6.07) is 0. The van der Waals surface area contributed by atoms with Crippen molar-refractivity contribution >= 4 is 55.7 Å². The van der Waals surface area contributed by atoms with Gasteiger partial charge in [0.05, 0.1) is 36.0 Å². The molecule has 0 aliphatic rings. The van der Waals surface area contributed by atoms with Gasteiger partial charge in [0.15, 0.2) is 5.66 Å². The van der Waals surface area contributed by atoms with Crippen molar-refractivity contribution < 1.29 is 93.9 Å². The molecule has 0 amide bonds. The fourth-order valence-corrected chi connectivity index (χ4v) is 4.67. The Hall–Kier alpha value is -3.93. The first kappa shape index (κ1) is 32.1. The molecule has 0 fully saturated rings. The van der Waals surface area contributed by atoms with Gasteiger partial charge in [-0.15, -0.1) is 7.94 Å². The van der Waals surface area contributed by atoms with Crippen LogP contribution in [-0.2, 0) is 38.4 Å². The normalized spacial score (nSPS) is 17.3. The Balaban J connectivity index is 7.47. The molecule has 0 aromatic rings. The van der Waals surface area contributed by atoms with Crippen molar-refractivity contribution in [1.29, 1.82) is 0 Å². The van der Waals surface area contributed by atoms with Gasteiger partial charge in [-0.1, -0.05) is 0 Å². The summed E-state index contributed by atoms with van der Waals surface area (Å²) in [5.74, 6) is -39.9. The van der Waals surface area contributed by atoms with Gasteiger partial charge in [0.2, 0.25) is 0 Å². The molecule has 36 heavy (non-hydrogen) atoms. The van der Waals surface area contributed by atoms with Crippen molar-refractivity contribution in [2.75, 3.05) is 0 Å². The zero-order valence-corrected chi connectivity index (χ0v) is 18.2.